The summed E-state index contributed by atoms with van der Waals surface area (Å²) in [5.74, 6) is 1.85. The van der Waals surface area contributed by atoms with Gasteiger partial charge in [-0.15, -0.1) is 0 Å². The maximum Gasteiger partial charge on any atom is 0.237 e. The molecule has 5 rings (SSSR count). The van der Waals surface area contributed by atoms with Crippen molar-refractivity contribution in [3.8, 4) is 17.1 Å². The summed E-state index contributed by atoms with van der Waals surface area (Å²) in [4.78, 5) is 24.8. The van der Waals surface area contributed by atoms with Gasteiger partial charge in [-0.3, -0.25) is 4.79 Å². The third-order valence-corrected chi connectivity index (χ3v) is 6.69. The number of aryl methyl sites for hydroxylation is 1. The zero-order chi connectivity index (χ0) is 22.6. The number of amides is 1. The number of fused-ring (bicyclic) bond motifs is 2. The number of benzene rings is 3. The summed E-state index contributed by atoms with van der Waals surface area (Å²) in [5.41, 5.74) is 4.06. The molecule has 0 radical (unpaired) electrons. The van der Waals surface area contributed by atoms with Gasteiger partial charge in [0.05, 0.1) is 17.9 Å². The molecule has 6 heteroatoms. The molecule has 0 saturated carbocycles. The van der Waals surface area contributed by atoms with Crippen molar-refractivity contribution in [1.82, 2.24) is 9.97 Å². The van der Waals surface area contributed by atoms with E-state index >= 15 is 0 Å². The molecular formula is C27H25N3O2S. The Morgan fingerprint density at radius 2 is 1.85 bits per heavy atom. The number of ether oxygens (including phenoxy) is 1. The van der Waals surface area contributed by atoms with Gasteiger partial charge in [-0.2, -0.15) is 0 Å². The molecule has 0 unspecified atom stereocenters. The Morgan fingerprint density at radius 1 is 1.03 bits per heavy atom. The lowest BCUT2D eigenvalue weighted by Gasteiger charge is -2.29. The SMILES string of the molecule is CCOc1ccc2nc(-c3ccccc3)nc(SCC(=O)N3CCCc4ccccc43)c2c1. The number of nitrogens with zero attached hydrogens (tertiary/aromatic N) is 3. The highest BCUT2D eigenvalue weighted by Crippen LogP contribution is 2.32. The second-order valence-corrected chi connectivity index (χ2v) is 8.86. The molecule has 0 saturated heterocycles. The first-order valence-corrected chi connectivity index (χ1v) is 12.2. The minimum atomic E-state index is 0.0983. The number of anilines is 1. The summed E-state index contributed by atoms with van der Waals surface area (Å²) in [6.45, 7) is 3.30. The number of para-hydroxylation sites is 1. The fourth-order valence-corrected chi connectivity index (χ4v) is 5.05. The van der Waals surface area contributed by atoms with Crippen molar-refractivity contribution in [1.29, 1.82) is 0 Å². The molecule has 0 fully saturated rings. The molecule has 0 atom stereocenters. The fourth-order valence-electron chi connectivity index (χ4n) is 4.16. The number of aromatic nitrogens is 2. The summed E-state index contributed by atoms with van der Waals surface area (Å²) in [6, 6.07) is 24.0. The van der Waals surface area contributed by atoms with Crippen LogP contribution in [-0.2, 0) is 11.2 Å². The molecule has 1 aromatic heterocycles. The number of rotatable bonds is 6. The Morgan fingerprint density at radius 3 is 2.70 bits per heavy atom. The van der Waals surface area contributed by atoms with Gasteiger partial charge in [-0.1, -0.05) is 60.3 Å². The van der Waals surface area contributed by atoms with Gasteiger partial charge in [0, 0.05) is 23.2 Å². The van der Waals surface area contributed by atoms with Crippen LogP contribution in [0.2, 0.25) is 0 Å². The van der Waals surface area contributed by atoms with E-state index in [-0.39, 0.29) is 5.91 Å². The molecule has 2 heterocycles. The molecule has 3 aromatic carbocycles. The van der Waals surface area contributed by atoms with Gasteiger partial charge in [-0.05, 0) is 49.6 Å². The second kappa shape index (κ2) is 9.63. The van der Waals surface area contributed by atoms with Gasteiger partial charge in [0.15, 0.2) is 5.82 Å². The quantitative estimate of drug-likeness (QED) is 0.273. The summed E-state index contributed by atoms with van der Waals surface area (Å²) in [7, 11) is 0. The Balaban J connectivity index is 1.47. The molecule has 0 spiro atoms. The fraction of sp³-hybridized carbons (Fsp3) is 0.222. The first-order valence-electron chi connectivity index (χ1n) is 11.2. The van der Waals surface area contributed by atoms with E-state index in [1.165, 1.54) is 17.3 Å². The van der Waals surface area contributed by atoms with Crippen molar-refractivity contribution in [2.75, 3.05) is 23.8 Å². The van der Waals surface area contributed by atoms with E-state index < -0.39 is 0 Å². The predicted molar refractivity (Wildman–Crippen MR) is 134 cm³/mol. The molecule has 166 valence electrons. The minimum Gasteiger partial charge on any atom is -0.494 e. The Hall–Kier alpha value is -3.38. The van der Waals surface area contributed by atoms with Crippen LogP contribution >= 0.6 is 11.8 Å². The van der Waals surface area contributed by atoms with Gasteiger partial charge in [-0.25, -0.2) is 9.97 Å². The van der Waals surface area contributed by atoms with E-state index in [2.05, 4.69) is 6.07 Å². The smallest absolute Gasteiger partial charge is 0.237 e. The van der Waals surface area contributed by atoms with E-state index in [1.807, 2.05) is 78.6 Å². The minimum absolute atomic E-state index is 0.0983. The first kappa shape index (κ1) is 21.5. The van der Waals surface area contributed by atoms with E-state index in [1.54, 1.807) is 0 Å². The number of carbonyl (C=O) groups excluding carboxylic acids is 1. The maximum atomic E-state index is 13.2. The number of carbonyl (C=O) groups is 1. The molecule has 0 N–H and O–H groups in total. The monoisotopic (exact) mass is 455 g/mol. The Bertz CT molecular complexity index is 1290. The topological polar surface area (TPSA) is 55.3 Å². The lowest BCUT2D eigenvalue weighted by Crippen LogP contribution is -2.36. The van der Waals surface area contributed by atoms with Crippen molar-refractivity contribution in [3.63, 3.8) is 0 Å². The second-order valence-electron chi connectivity index (χ2n) is 7.90. The van der Waals surface area contributed by atoms with Gasteiger partial charge < -0.3 is 9.64 Å². The molecule has 0 bridgehead atoms. The predicted octanol–water partition coefficient (Wildman–Crippen LogP) is 5.77. The molecule has 1 amide bonds. The highest BCUT2D eigenvalue weighted by molar-refractivity contribution is 8.00. The third-order valence-electron chi connectivity index (χ3n) is 5.72. The Kier molecular flexibility index (Phi) is 6.26. The summed E-state index contributed by atoms with van der Waals surface area (Å²) in [6.07, 6.45) is 2.00. The average Bonchev–Trinajstić information content (AvgIpc) is 2.87. The van der Waals surface area contributed by atoms with E-state index in [0.29, 0.717) is 18.2 Å². The first-order chi connectivity index (χ1) is 16.2. The number of thioether (sulfide) groups is 1. The molecule has 1 aliphatic heterocycles. The molecule has 1 aliphatic rings. The van der Waals surface area contributed by atoms with Gasteiger partial charge in [0.1, 0.15) is 10.8 Å². The van der Waals surface area contributed by atoms with E-state index in [4.69, 9.17) is 14.7 Å². The van der Waals surface area contributed by atoms with Gasteiger partial charge >= 0.3 is 0 Å². The maximum absolute atomic E-state index is 13.2. The van der Waals surface area contributed by atoms with Crippen molar-refractivity contribution in [2.24, 2.45) is 0 Å². The van der Waals surface area contributed by atoms with E-state index in [9.17, 15) is 4.79 Å². The highest BCUT2D eigenvalue weighted by Gasteiger charge is 2.23. The highest BCUT2D eigenvalue weighted by atomic mass is 32.2. The third kappa shape index (κ3) is 4.57. The van der Waals surface area contributed by atoms with Crippen molar-refractivity contribution >= 4 is 34.3 Å². The van der Waals surface area contributed by atoms with Crippen molar-refractivity contribution in [2.45, 2.75) is 24.8 Å². The molecule has 33 heavy (non-hydrogen) atoms. The lowest BCUT2D eigenvalue weighted by atomic mass is 10.0. The van der Waals surface area contributed by atoms with Crippen LogP contribution in [0.3, 0.4) is 0 Å². The van der Waals surface area contributed by atoms with Crippen LogP contribution in [-0.4, -0.2) is 34.8 Å². The van der Waals surface area contributed by atoms with Crippen molar-refractivity contribution in [3.05, 3.63) is 78.4 Å². The van der Waals surface area contributed by atoms with Crippen LogP contribution in [0.5, 0.6) is 5.75 Å². The normalized spacial score (nSPS) is 13.1. The van der Waals surface area contributed by atoms with Crippen LogP contribution in [0.4, 0.5) is 5.69 Å². The van der Waals surface area contributed by atoms with Crippen LogP contribution in [0, 0.1) is 0 Å². The zero-order valence-electron chi connectivity index (χ0n) is 18.5. The lowest BCUT2D eigenvalue weighted by molar-refractivity contribution is -0.116. The average molecular weight is 456 g/mol. The summed E-state index contributed by atoms with van der Waals surface area (Å²) >= 11 is 1.46. The zero-order valence-corrected chi connectivity index (χ0v) is 19.3. The summed E-state index contributed by atoms with van der Waals surface area (Å²) in [5, 5.41) is 1.69. The standard InChI is InChI=1S/C27H25N3O2S/c1-2-32-21-14-15-23-22(17-21)27(29-26(28-23)20-10-4-3-5-11-20)33-18-25(31)30-16-8-12-19-9-6-7-13-24(19)30/h3-7,9-11,13-15,17H,2,8,12,16,18H2,1H3. The largest absolute Gasteiger partial charge is 0.494 e. The Labute approximate surface area is 197 Å². The van der Waals surface area contributed by atoms with Crippen LogP contribution < -0.4 is 9.64 Å². The molecular weight excluding hydrogens is 430 g/mol. The van der Waals surface area contributed by atoms with Crippen LogP contribution in [0.1, 0.15) is 18.9 Å². The number of hydrogen-bond donors (Lipinski definition) is 0. The van der Waals surface area contributed by atoms with Crippen molar-refractivity contribution < 1.29 is 9.53 Å². The molecule has 0 aliphatic carbocycles. The van der Waals surface area contributed by atoms with Crippen LogP contribution in [0.15, 0.2) is 77.8 Å². The van der Waals surface area contributed by atoms with Gasteiger partial charge in [0.25, 0.3) is 0 Å². The molecule has 5 nitrogen and oxygen atoms in total. The molecule has 4 aromatic rings. The summed E-state index contributed by atoms with van der Waals surface area (Å²) < 4.78 is 5.70. The van der Waals surface area contributed by atoms with Crippen LogP contribution in [0.25, 0.3) is 22.3 Å². The number of hydrogen-bond acceptors (Lipinski definition) is 5. The van der Waals surface area contributed by atoms with E-state index in [0.717, 1.165) is 52.3 Å². The van der Waals surface area contributed by atoms with Gasteiger partial charge in [0.2, 0.25) is 5.91 Å².